The van der Waals surface area contributed by atoms with Crippen LogP contribution in [0.25, 0.3) is 0 Å². The molecule has 0 saturated carbocycles. The first-order chi connectivity index (χ1) is 12.2. The number of nitrogens with one attached hydrogen (secondary N) is 2. The Kier molecular flexibility index (Phi) is 10.7. The number of halogens is 1. The van der Waals surface area contributed by atoms with Gasteiger partial charge in [0.2, 0.25) is 0 Å². The Balaban J connectivity index is 0.00000338. The summed E-state index contributed by atoms with van der Waals surface area (Å²) in [7, 11) is 5.19. The number of aliphatic imine (C=N–C) groups is 1. The standard InChI is InChI=1S/C19H32N4O2.HI/c1-5-23-12-6-7-16(23)14-22-19(20-2)21-11-10-15-13-17(24-3)8-9-18(15)25-4;/h8-9,13,16H,5-7,10-12,14H2,1-4H3,(H2,20,21,22);1H. The van der Waals surface area contributed by atoms with Gasteiger partial charge in [-0.25, -0.2) is 0 Å². The summed E-state index contributed by atoms with van der Waals surface area (Å²) in [5.41, 5.74) is 1.12. The molecule has 0 amide bonds. The quantitative estimate of drug-likeness (QED) is 0.343. The first kappa shape index (κ1) is 22.8. The lowest BCUT2D eigenvalue weighted by atomic mass is 10.1. The first-order valence-corrected chi connectivity index (χ1v) is 9.11. The highest BCUT2D eigenvalue weighted by atomic mass is 127. The Hall–Kier alpha value is -1.22. The first-order valence-electron chi connectivity index (χ1n) is 9.11. The highest BCUT2D eigenvalue weighted by Crippen LogP contribution is 2.24. The van der Waals surface area contributed by atoms with E-state index in [-0.39, 0.29) is 24.0 Å². The van der Waals surface area contributed by atoms with Crippen molar-refractivity contribution in [3.63, 3.8) is 0 Å². The zero-order chi connectivity index (χ0) is 18.1. The molecule has 1 aromatic rings. The molecule has 0 aliphatic carbocycles. The molecule has 2 rings (SSSR count). The maximum absolute atomic E-state index is 5.43. The van der Waals surface area contributed by atoms with Crippen molar-refractivity contribution in [1.29, 1.82) is 0 Å². The molecular formula is C19H33IN4O2. The number of hydrogen-bond acceptors (Lipinski definition) is 4. The topological polar surface area (TPSA) is 58.1 Å². The van der Waals surface area contributed by atoms with Gasteiger partial charge in [-0.15, -0.1) is 24.0 Å². The molecule has 1 aliphatic rings. The highest BCUT2D eigenvalue weighted by Gasteiger charge is 2.22. The number of ether oxygens (including phenoxy) is 2. The zero-order valence-corrected chi connectivity index (χ0v) is 18.7. The zero-order valence-electron chi connectivity index (χ0n) is 16.4. The third-order valence-electron chi connectivity index (χ3n) is 4.81. The molecule has 0 radical (unpaired) electrons. The molecule has 148 valence electrons. The molecule has 1 fully saturated rings. The molecular weight excluding hydrogens is 443 g/mol. The van der Waals surface area contributed by atoms with E-state index in [1.54, 1.807) is 14.2 Å². The minimum absolute atomic E-state index is 0. The van der Waals surface area contributed by atoms with Crippen molar-refractivity contribution in [2.45, 2.75) is 32.2 Å². The molecule has 1 aromatic carbocycles. The number of hydrogen-bond donors (Lipinski definition) is 2. The summed E-state index contributed by atoms with van der Waals surface area (Å²) < 4.78 is 10.7. The average Bonchev–Trinajstić information content (AvgIpc) is 3.11. The van der Waals surface area contributed by atoms with Crippen LogP contribution in [0.4, 0.5) is 0 Å². The van der Waals surface area contributed by atoms with Crippen LogP contribution in [0, 0.1) is 0 Å². The number of nitrogens with zero attached hydrogens (tertiary/aromatic N) is 2. The molecule has 2 N–H and O–H groups in total. The van der Waals surface area contributed by atoms with Gasteiger partial charge < -0.3 is 20.1 Å². The molecule has 1 unspecified atom stereocenters. The normalized spacial score (nSPS) is 17.5. The second-order valence-corrected chi connectivity index (χ2v) is 6.23. The van der Waals surface area contributed by atoms with Gasteiger partial charge in [-0.3, -0.25) is 9.89 Å². The molecule has 1 atom stereocenters. The summed E-state index contributed by atoms with van der Waals surface area (Å²) in [5, 5.41) is 6.84. The summed E-state index contributed by atoms with van der Waals surface area (Å²) >= 11 is 0. The fourth-order valence-corrected chi connectivity index (χ4v) is 3.37. The fraction of sp³-hybridized carbons (Fsp3) is 0.632. The van der Waals surface area contributed by atoms with Gasteiger partial charge in [0.05, 0.1) is 14.2 Å². The number of benzene rings is 1. The molecule has 6 nitrogen and oxygen atoms in total. The Morgan fingerprint density at radius 1 is 1.27 bits per heavy atom. The van der Waals surface area contributed by atoms with Crippen molar-refractivity contribution in [2.24, 2.45) is 4.99 Å². The summed E-state index contributed by atoms with van der Waals surface area (Å²) in [6.07, 6.45) is 3.40. The van der Waals surface area contributed by atoms with Crippen molar-refractivity contribution >= 4 is 29.9 Å². The number of likely N-dealkylation sites (N-methyl/N-ethyl adjacent to an activating group) is 1. The van der Waals surface area contributed by atoms with E-state index in [2.05, 4.69) is 27.4 Å². The minimum Gasteiger partial charge on any atom is -0.497 e. The number of guanidine groups is 1. The smallest absolute Gasteiger partial charge is 0.191 e. The van der Waals surface area contributed by atoms with E-state index in [0.29, 0.717) is 6.04 Å². The SMILES string of the molecule is CCN1CCCC1CNC(=NC)NCCc1cc(OC)ccc1OC.I. The summed E-state index contributed by atoms with van der Waals surface area (Å²) in [6.45, 7) is 6.28. The second-order valence-electron chi connectivity index (χ2n) is 6.23. The number of methoxy groups -OCH3 is 2. The molecule has 0 aromatic heterocycles. The van der Waals surface area contributed by atoms with Crippen molar-refractivity contribution in [3.05, 3.63) is 23.8 Å². The van der Waals surface area contributed by atoms with Crippen LogP contribution in [0.15, 0.2) is 23.2 Å². The van der Waals surface area contributed by atoms with Gasteiger partial charge in [0.1, 0.15) is 11.5 Å². The van der Waals surface area contributed by atoms with Crippen LogP contribution >= 0.6 is 24.0 Å². The van der Waals surface area contributed by atoms with Crippen LogP contribution in [0.5, 0.6) is 11.5 Å². The fourth-order valence-electron chi connectivity index (χ4n) is 3.37. The third-order valence-corrected chi connectivity index (χ3v) is 4.81. The van der Waals surface area contributed by atoms with E-state index < -0.39 is 0 Å². The Morgan fingerprint density at radius 3 is 2.73 bits per heavy atom. The lowest BCUT2D eigenvalue weighted by Crippen LogP contribution is -2.45. The van der Waals surface area contributed by atoms with Gasteiger partial charge in [-0.1, -0.05) is 6.92 Å². The monoisotopic (exact) mass is 476 g/mol. The van der Waals surface area contributed by atoms with Crippen LogP contribution in [-0.4, -0.2) is 64.3 Å². The van der Waals surface area contributed by atoms with E-state index in [1.165, 1.54) is 19.4 Å². The molecule has 0 spiro atoms. The maximum atomic E-state index is 5.43. The number of likely N-dealkylation sites (tertiary alicyclic amines) is 1. The predicted molar refractivity (Wildman–Crippen MR) is 118 cm³/mol. The van der Waals surface area contributed by atoms with Gasteiger partial charge in [-0.2, -0.15) is 0 Å². The van der Waals surface area contributed by atoms with E-state index in [0.717, 1.165) is 49.1 Å². The number of rotatable bonds is 8. The van der Waals surface area contributed by atoms with Gasteiger partial charge in [0.25, 0.3) is 0 Å². The molecule has 7 heteroatoms. The molecule has 1 saturated heterocycles. The van der Waals surface area contributed by atoms with E-state index >= 15 is 0 Å². The van der Waals surface area contributed by atoms with Gasteiger partial charge in [-0.05, 0) is 56.1 Å². The molecule has 1 aliphatic heterocycles. The lowest BCUT2D eigenvalue weighted by molar-refractivity contribution is 0.267. The van der Waals surface area contributed by atoms with Crippen LogP contribution in [0.1, 0.15) is 25.3 Å². The maximum Gasteiger partial charge on any atom is 0.191 e. The summed E-state index contributed by atoms with van der Waals surface area (Å²) in [5.74, 6) is 2.58. The van der Waals surface area contributed by atoms with Crippen molar-refractivity contribution in [3.8, 4) is 11.5 Å². The Labute approximate surface area is 174 Å². The van der Waals surface area contributed by atoms with Gasteiger partial charge >= 0.3 is 0 Å². The van der Waals surface area contributed by atoms with Crippen molar-refractivity contribution < 1.29 is 9.47 Å². The minimum atomic E-state index is 0. The van der Waals surface area contributed by atoms with Gasteiger partial charge in [0.15, 0.2) is 5.96 Å². The van der Waals surface area contributed by atoms with Crippen LogP contribution in [-0.2, 0) is 6.42 Å². The average molecular weight is 476 g/mol. The van der Waals surface area contributed by atoms with Crippen molar-refractivity contribution in [2.75, 3.05) is 47.4 Å². The Bertz CT molecular complexity index is 568. The molecule has 26 heavy (non-hydrogen) atoms. The third kappa shape index (κ3) is 6.50. The largest absolute Gasteiger partial charge is 0.497 e. The van der Waals surface area contributed by atoms with Crippen LogP contribution < -0.4 is 20.1 Å². The molecule has 0 bridgehead atoms. The lowest BCUT2D eigenvalue weighted by Gasteiger charge is -2.24. The summed E-state index contributed by atoms with van der Waals surface area (Å²) in [4.78, 5) is 6.86. The van der Waals surface area contributed by atoms with Crippen molar-refractivity contribution in [1.82, 2.24) is 15.5 Å². The highest BCUT2D eigenvalue weighted by molar-refractivity contribution is 14.0. The van der Waals surface area contributed by atoms with Crippen LogP contribution in [0.3, 0.4) is 0 Å². The Morgan fingerprint density at radius 2 is 2.08 bits per heavy atom. The summed E-state index contributed by atoms with van der Waals surface area (Å²) in [6, 6.07) is 6.49. The predicted octanol–water partition coefficient (Wildman–Crippen LogP) is 2.51. The van der Waals surface area contributed by atoms with E-state index in [1.807, 2.05) is 25.2 Å². The molecule has 1 heterocycles. The second kappa shape index (κ2) is 12.2. The van der Waals surface area contributed by atoms with E-state index in [4.69, 9.17) is 9.47 Å². The van der Waals surface area contributed by atoms with Gasteiger partial charge in [0, 0.05) is 26.2 Å². The van der Waals surface area contributed by atoms with Crippen LogP contribution in [0.2, 0.25) is 0 Å². The van der Waals surface area contributed by atoms with E-state index in [9.17, 15) is 0 Å².